The van der Waals surface area contributed by atoms with Gasteiger partial charge in [-0.1, -0.05) is 0 Å². The molecule has 5 heteroatoms. The molecule has 0 aromatic heterocycles. The second-order valence-electron chi connectivity index (χ2n) is 3.45. The van der Waals surface area contributed by atoms with Crippen LogP contribution in [0.1, 0.15) is 5.56 Å². The SMILES string of the molecule is N#Cc1ccc(Oc2ccc(O)cc2)c(F)c1Br. The fourth-order valence-electron chi connectivity index (χ4n) is 1.34. The first kappa shape index (κ1) is 12.4. The summed E-state index contributed by atoms with van der Waals surface area (Å²) in [6.07, 6.45) is 0. The molecule has 90 valence electrons. The molecule has 0 fully saturated rings. The number of phenolic OH excluding ortho intramolecular Hbond substituents is 1. The Labute approximate surface area is 111 Å². The fourth-order valence-corrected chi connectivity index (χ4v) is 1.75. The fraction of sp³-hybridized carbons (Fsp3) is 0. The van der Waals surface area contributed by atoms with Crippen molar-refractivity contribution in [3.05, 3.63) is 52.3 Å². The second-order valence-corrected chi connectivity index (χ2v) is 4.24. The highest BCUT2D eigenvalue weighted by Crippen LogP contribution is 2.31. The molecule has 0 saturated carbocycles. The molecule has 0 amide bonds. The van der Waals surface area contributed by atoms with Gasteiger partial charge in [-0.05, 0) is 52.3 Å². The van der Waals surface area contributed by atoms with Crippen LogP contribution in [-0.4, -0.2) is 5.11 Å². The van der Waals surface area contributed by atoms with E-state index in [9.17, 15) is 4.39 Å². The van der Waals surface area contributed by atoms with Crippen LogP contribution in [0.5, 0.6) is 17.2 Å². The Morgan fingerprint density at radius 1 is 1.17 bits per heavy atom. The van der Waals surface area contributed by atoms with Gasteiger partial charge in [-0.2, -0.15) is 5.26 Å². The molecule has 1 N–H and O–H groups in total. The number of ether oxygens (including phenoxy) is 1. The van der Waals surface area contributed by atoms with Crippen molar-refractivity contribution >= 4 is 15.9 Å². The van der Waals surface area contributed by atoms with Crippen LogP contribution in [0.2, 0.25) is 0 Å². The second kappa shape index (κ2) is 5.07. The highest BCUT2D eigenvalue weighted by Gasteiger charge is 2.12. The Morgan fingerprint density at radius 3 is 2.44 bits per heavy atom. The first-order chi connectivity index (χ1) is 8.61. The van der Waals surface area contributed by atoms with Gasteiger partial charge in [-0.25, -0.2) is 4.39 Å². The normalized spacial score (nSPS) is 9.83. The molecule has 2 aromatic rings. The summed E-state index contributed by atoms with van der Waals surface area (Å²) in [5.41, 5.74) is 0.200. The van der Waals surface area contributed by atoms with Gasteiger partial charge in [0.2, 0.25) is 0 Å². The Balaban J connectivity index is 2.33. The third kappa shape index (κ3) is 2.44. The molecule has 0 radical (unpaired) electrons. The van der Waals surface area contributed by atoms with Crippen LogP contribution in [0, 0.1) is 17.1 Å². The van der Waals surface area contributed by atoms with Gasteiger partial charge in [0, 0.05) is 0 Å². The number of hydrogen-bond acceptors (Lipinski definition) is 3. The number of aromatic hydroxyl groups is 1. The number of phenols is 1. The van der Waals surface area contributed by atoms with Gasteiger partial charge < -0.3 is 9.84 Å². The maximum Gasteiger partial charge on any atom is 0.181 e. The molecule has 3 nitrogen and oxygen atoms in total. The zero-order valence-corrected chi connectivity index (χ0v) is 10.6. The van der Waals surface area contributed by atoms with E-state index in [1.54, 1.807) is 0 Å². The number of nitriles is 1. The lowest BCUT2D eigenvalue weighted by atomic mass is 10.2. The monoisotopic (exact) mass is 307 g/mol. The van der Waals surface area contributed by atoms with Gasteiger partial charge in [-0.15, -0.1) is 0 Å². The standard InChI is InChI=1S/C13H7BrFNO2/c14-12-8(7-16)1-6-11(13(12)15)18-10-4-2-9(17)3-5-10/h1-6,17H. The third-order valence-electron chi connectivity index (χ3n) is 2.23. The van der Waals surface area contributed by atoms with Crippen molar-refractivity contribution in [2.75, 3.05) is 0 Å². The van der Waals surface area contributed by atoms with Crippen LogP contribution in [-0.2, 0) is 0 Å². The molecule has 2 aromatic carbocycles. The Morgan fingerprint density at radius 2 is 1.83 bits per heavy atom. The van der Waals surface area contributed by atoms with Crippen LogP contribution < -0.4 is 4.74 Å². The number of hydrogen-bond donors (Lipinski definition) is 1. The summed E-state index contributed by atoms with van der Waals surface area (Å²) >= 11 is 3.00. The molecular weight excluding hydrogens is 301 g/mol. The first-order valence-corrected chi connectivity index (χ1v) is 5.76. The molecule has 0 aliphatic heterocycles. The molecule has 0 bridgehead atoms. The highest BCUT2D eigenvalue weighted by molar-refractivity contribution is 9.10. The summed E-state index contributed by atoms with van der Waals surface area (Å²) in [4.78, 5) is 0. The van der Waals surface area contributed by atoms with E-state index in [1.165, 1.54) is 36.4 Å². The average molecular weight is 308 g/mol. The van der Waals surface area contributed by atoms with E-state index < -0.39 is 5.82 Å². The first-order valence-electron chi connectivity index (χ1n) is 4.97. The minimum absolute atomic E-state index is 0.00608. The van der Waals surface area contributed by atoms with Gasteiger partial charge in [0.1, 0.15) is 17.6 Å². The quantitative estimate of drug-likeness (QED) is 0.913. The van der Waals surface area contributed by atoms with Crippen molar-refractivity contribution in [3.8, 4) is 23.3 Å². The lowest BCUT2D eigenvalue weighted by molar-refractivity contribution is 0.436. The van der Waals surface area contributed by atoms with Crippen molar-refractivity contribution in [2.45, 2.75) is 0 Å². The van der Waals surface area contributed by atoms with E-state index in [4.69, 9.17) is 15.1 Å². The maximum atomic E-state index is 13.8. The van der Waals surface area contributed by atoms with Crippen molar-refractivity contribution in [3.63, 3.8) is 0 Å². The lowest BCUT2D eigenvalue weighted by Gasteiger charge is -2.08. The number of halogens is 2. The van der Waals surface area contributed by atoms with Gasteiger partial charge in [0.15, 0.2) is 11.6 Å². The summed E-state index contributed by atoms with van der Waals surface area (Å²) in [6, 6.07) is 10.6. The molecule has 0 heterocycles. The molecule has 0 saturated heterocycles. The van der Waals surface area contributed by atoms with Crippen molar-refractivity contribution in [1.82, 2.24) is 0 Å². The summed E-state index contributed by atoms with van der Waals surface area (Å²) < 4.78 is 19.2. The van der Waals surface area contributed by atoms with Crippen LogP contribution in [0.25, 0.3) is 0 Å². The molecule has 0 atom stereocenters. The largest absolute Gasteiger partial charge is 0.508 e. The van der Waals surface area contributed by atoms with E-state index in [2.05, 4.69) is 15.9 Å². The van der Waals surface area contributed by atoms with E-state index >= 15 is 0 Å². The van der Waals surface area contributed by atoms with Crippen LogP contribution in [0.15, 0.2) is 40.9 Å². The topological polar surface area (TPSA) is 53.2 Å². The van der Waals surface area contributed by atoms with E-state index in [-0.39, 0.29) is 21.5 Å². The minimum atomic E-state index is -0.637. The summed E-state index contributed by atoms with van der Waals surface area (Å²) in [7, 11) is 0. The lowest BCUT2D eigenvalue weighted by Crippen LogP contribution is -1.91. The van der Waals surface area contributed by atoms with Crippen LogP contribution in [0.4, 0.5) is 4.39 Å². The Kier molecular flexibility index (Phi) is 3.49. The molecule has 0 spiro atoms. The molecule has 2 rings (SSSR count). The predicted molar refractivity (Wildman–Crippen MR) is 67.0 cm³/mol. The Hall–Kier alpha value is -2.06. The van der Waals surface area contributed by atoms with Crippen molar-refractivity contribution < 1.29 is 14.2 Å². The molecule has 0 aliphatic rings. The number of nitrogens with zero attached hydrogens (tertiary/aromatic N) is 1. The van der Waals surface area contributed by atoms with Gasteiger partial charge >= 0.3 is 0 Å². The van der Waals surface area contributed by atoms with E-state index in [0.717, 1.165) is 0 Å². The van der Waals surface area contributed by atoms with E-state index in [1.807, 2.05) is 6.07 Å². The molecule has 18 heavy (non-hydrogen) atoms. The smallest absolute Gasteiger partial charge is 0.181 e. The minimum Gasteiger partial charge on any atom is -0.508 e. The third-order valence-corrected chi connectivity index (χ3v) is 3.01. The van der Waals surface area contributed by atoms with E-state index in [0.29, 0.717) is 5.75 Å². The van der Waals surface area contributed by atoms with Crippen molar-refractivity contribution in [2.24, 2.45) is 0 Å². The van der Waals surface area contributed by atoms with Gasteiger partial charge in [0.05, 0.1) is 10.0 Å². The average Bonchev–Trinajstić information content (AvgIpc) is 2.38. The highest BCUT2D eigenvalue weighted by atomic mass is 79.9. The Bertz CT molecular complexity index is 620. The van der Waals surface area contributed by atoms with Gasteiger partial charge in [0.25, 0.3) is 0 Å². The summed E-state index contributed by atoms with van der Waals surface area (Å²) in [5, 5.41) is 17.9. The zero-order valence-electron chi connectivity index (χ0n) is 9.02. The predicted octanol–water partition coefficient (Wildman–Crippen LogP) is 3.96. The summed E-state index contributed by atoms with van der Waals surface area (Å²) in [5.74, 6) is -0.138. The number of benzene rings is 2. The zero-order chi connectivity index (χ0) is 13.1. The maximum absolute atomic E-state index is 13.8. The molecule has 0 aliphatic carbocycles. The summed E-state index contributed by atoms with van der Waals surface area (Å²) in [6.45, 7) is 0. The number of rotatable bonds is 2. The van der Waals surface area contributed by atoms with Gasteiger partial charge in [-0.3, -0.25) is 0 Å². The van der Waals surface area contributed by atoms with Crippen LogP contribution >= 0.6 is 15.9 Å². The molecule has 0 unspecified atom stereocenters. The van der Waals surface area contributed by atoms with Crippen molar-refractivity contribution in [1.29, 1.82) is 5.26 Å². The molecular formula is C13H7BrFNO2. The van der Waals surface area contributed by atoms with Crippen LogP contribution in [0.3, 0.4) is 0 Å².